The molecular weight excluding hydrogens is 212 g/mol. The smallest absolute Gasteiger partial charge is 0.159 e. The summed E-state index contributed by atoms with van der Waals surface area (Å²) in [4.78, 5) is 11.2. The second-order valence-electron chi connectivity index (χ2n) is 5.04. The first-order valence-corrected chi connectivity index (χ1v) is 6.18. The Labute approximate surface area is 102 Å². The summed E-state index contributed by atoms with van der Waals surface area (Å²) in [5, 5.41) is 3.47. The van der Waals surface area contributed by atoms with Gasteiger partial charge in [-0.1, -0.05) is 31.2 Å². The van der Waals surface area contributed by atoms with E-state index in [1.807, 2.05) is 24.3 Å². The van der Waals surface area contributed by atoms with Gasteiger partial charge in [0, 0.05) is 24.2 Å². The summed E-state index contributed by atoms with van der Waals surface area (Å²) in [6.45, 7) is 4.68. The Morgan fingerprint density at radius 1 is 1.35 bits per heavy atom. The number of nitrogens with two attached hydrogens (primary N) is 1. The number of hydrogen-bond donors (Lipinski definition) is 2. The van der Waals surface area contributed by atoms with E-state index in [4.69, 9.17) is 5.73 Å². The minimum absolute atomic E-state index is 0.114. The predicted octanol–water partition coefficient (Wildman–Crippen LogP) is 1.89. The highest BCUT2D eigenvalue weighted by molar-refractivity contribution is 5.94. The van der Waals surface area contributed by atoms with Crippen molar-refractivity contribution in [3.05, 3.63) is 35.4 Å². The lowest BCUT2D eigenvalue weighted by Crippen LogP contribution is -2.45. The maximum absolute atomic E-state index is 11.2. The molecule has 1 fully saturated rings. The molecule has 3 atom stereocenters. The lowest BCUT2D eigenvalue weighted by Gasteiger charge is -2.34. The Kier molecular flexibility index (Phi) is 3.60. The zero-order valence-electron chi connectivity index (χ0n) is 10.4. The van der Waals surface area contributed by atoms with Gasteiger partial charge in [0.25, 0.3) is 0 Å². The average molecular weight is 232 g/mol. The van der Waals surface area contributed by atoms with Gasteiger partial charge in [-0.05, 0) is 24.8 Å². The Morgan fingerprint density at radius 3 is 2.53 bits per heavy atom. The van der Waals surface area contributed by atoms with E-state index in [1.165, 1.54) is 5.56 Å². The fourth-order valence-corrected chi connectivity index (χ4v) is 2.55. The molecule has 0 radical (unpaired) electrons. The van der Waals surface area contributed by atoms with Crippen LogP contribution in [0.4, 0.5) is 0 Å². The Morgan fingerprint density at radius 2 is 2.00 bits per heavy atom. The Hall–Kier alpha value is -1.19. The average Bonchev–Trinajstić information content (AvgIpc) is 2.29. The van der Waals surface area contributed by atoms with Gasteiger partial charge in [-0.15, -0.1) is 0 Å². The third kappa shape index (κ3) is 2.73. The lowest BCUT2D eigenvalue weighted by atomic mass is 9.85. The van der Waals surface area contributed by atoms with Gasteiger partial charge in [-0.25, -0.2) is 0 Å². The number of carbonyl (C=O) groups excluding carboxylic acids is 1. The van der Waals surface area contributed by atoms with Crippen LogP contribution in [0, 0.1) is 5.92 Å². The first-order valence-electron chi connectivity index (χ1n) is 6.18. The summed E-state index contributed by atoms with van der Waals surface area (Å²) in [6.07, 6.45) is 1.05. The summed E-state index contributed by atoms with van der Waals surface area (Å²) in [5.41, 5.74) is 7.94. The van der Waals surface area contributed by atoms with Crippen LogP contribution in [0.1, 0.15) is 42.2 Å². The van der Waals surface area contributed by atoms with Crippen molar-refractivity contribution >= 4 is 5.78 Å². The van der Waals surface area contributed by atoms with Crippen LogP contribution in [0.5, 0.6) is 0 Å². The number of hydrogen-bond acceptors (Lipinski definition) is 3. The van der Waals surface area contributed by atoms with Crippen LogP contribution in [0.15, 0.2) is 24.3 Å². The molecule has 1 aliphatic rings. The molecule has 0 saturated carbocycles. The van der Waals surface area contributed by atoms with Gasteiger partial charge in [0.05, 0.1) is 0 Å². The van der Waals surface area contributed by atoms with Crippen molar-refractivity contribution in [2.75, 3.05) is 6.54 Å². The summed E-state index contributed by atoms with van der Waals surface area (Å²) in [7, 11) is 0. The molecule has 0 spiro atoms. The van der Waals surface area contributed by atoms with E-state index in [9.17, 15) is 4.79 Å². The molecule has 3 N–H and O–H groups in total. The van der Waals surface area contributed by atoms with Gasteiger partial charge in [-0.2, -0.15) is 0 Å². The Balaban J connectivity index is 2.14. The molecule has 92 valence electrons. The lowest BCUT2D eigenvalue weighted by molar-refractivity contribution is 0.101. The number of piperidine rings is 1. The molecule has 1 aromatic carbocycles. The topological polar surface area (TPSA) is 55.1 Å². The number of benzene rings is 1. The molecule has 1 heterocycles. The van der Waals surface area contributed by atoms with Gasteiger partial charge in [-0.3, -0.25) is 4.79 Å². The molecule has 1 saturated heterocycles. The largest absolute Gasteiger partial charge is 0.327 e. The number of carbonyl (C=O) groups is 1. The monoisotopic (exact) mass is 232 g/mol. The second-order valence-corrected chi connectivity index (χ2v) is 5.04. The SMILES string of the molecule is CC(=O)c1ccc(C2NCC(N)CC2C)cc1. The standard InChI is InChI=1S/C14H20N2O/c1-9-7-13(15)8-16-14(9)12-5-3-11(4-6-12)10(2)17/h3-6,9,13-14,16H,7-8,15H2,1-2H3. The van der Waals surface area contributed by atoms with E-state index in [0.29, 0.717) is 12.0 Å². The van der Waals surface area contributed by atoms with Crippen LogP contribution in [0.25, 0.3) is 0 Å². The second kappa shape index (κ2) is 4.98. The summed E-state index contributed by atoms with van der Waals surface area (Å²) in [6, 6.07) is 8.51. The van der Waals surface area contributed by atoms with Crippen LogP contribution in [-0.2, 0) is 0 Å². The molecule has 0 aliphatic carbocycles. The van der Waals surface area contributed by atoms with Crippen LogP contribution in [-0.4, -0.2) is 18.4 Å². The number of ketones is 1. The number of Topliss-reactive ketones (excluding diaryl/α,β-unsaturated/α-hetero) is 1. The molecule has 3 nitrogen and oxygen atoms in total. The minimum Gasteiger partial charge on any atom is -0.327 e. The summed E-state index contributed by atoms with van der Waals surface area (Å²) >= 11 is 0. The van der Waals surface area contributed by atoms with Gasteiger partial charge in [0.15, 0.2) is 5.78 Å². The van der Waals surface area contributed by atoms with Crippen molar-refractivity contribution in [1.82, 2.24) is 5.32 Å². The van der Waals surface area contributed by atoms with Crippen molar-refractivity contribution in [2.45, 2.75) is 32.4 Å². The minimum atomic E-state index is 0.114. The Bertz CT molecular complexity index is 399. The maximum atomic E-state index is 11.2. The normalized spacial score (nSPS) is 29.0. The highest BCUT2D eigenvalue weighted by atomic mass is 16.1. The van der Waals surface area contributed by atoms with Crippen LogP contribution < -0.4 is 11.1 Å². The zero-order valence-corrected chi connectivity index (χ0v) is 10.4. The fraction of sp³-hybridized carbons (Fsp3) is 0.500. The van der Waals surface area contributed by atoms with Gasteiger partial charge in [0.2, 0.25) is 0 Å². The highest BCUT2D eigenvalue weighted by Gasteiger charge is 2.26. The van der Waals surface area contributed by atoms with E-state index in [1.54, 1.807) is 6.92 Å². The molecule has 1 aromatic rings. The van der Waals surface area contributed by atoms with E-state index in [2.05, 4.69) is 12.2 Å². The van der Waals surface area contributed by atoms with Crippen molar-refractivity contribution in [3.63, 3.8) is 0 Å². The van der Waals surface area contributed by atoms with E-state index < -0.39 is 0 Å². The molecule has 1 aliphatic heterocycles. The third-order valence-corrected chi connectivity index (χ3v) is 3.52. The van der Waals surface area contributed by atoms with Gasteiger partial charge >= 0.3 is 0 Å². The zero-order chi connectivity index (χ0) is 12.4. The van der Waals surface area contributed by atoms with Crippen molar-refractivity contribution in [3.8, 4) is 0 Å². The maximum Gasteiger partial charge on any atom is 0.159 e. The van der Waals surface area contributed by atoms with Crippen LogP contribution in [0.3, 0.4) is 0 Å². The summed E-state index contributed by atoms with van der Waals surface area (Å²) in [5.74, 6) is 0.644. The highest BCUT2D eigenvalue weighted by Crippen LogP contribution is 2.28. The number of nitrogens with one attached hydrogen (secondary N) is 1. The molecule has 3 heteroatoms. The van der Waals surface area contributed by atoms with Crippen LogP contribution in [0.2, 0.25) is 0 Å². The molecule has 0 bridgehead atoms. The van der Waals surface area contributed by atoms with Crippen molar-refractivity contribution in [1.29, 1.82) is 0 Å². The van der Waals surface area contributed by atoms with E-state index in [-0.39, 0.29) is 11.8 Å². The molecule has 2 rings (SSSR count). The summed E-state index contributed by atoms with van der Waals surface area (Å²) < 4.78 is 0. The predicted molar refractivity (Wildman–Crippen MR) is 68.9 cm³/mol. The molecule has 17 heavy (non-hydrogen) atoms. The van der Waals surface area contributed by atoms with E-state index in [0.717, 1.165) is 18.5 Å². The van der Waals surface area contributed by atoms with Crippen molar-refractivity contribution < 1.29 is 4.79 Å². The van der Waals surface area contributed by atoms with Gasteiger partial charge < -0.3 is 11.1 Å². The molecule has 0 aromatic heterocycles. The van der Waals surface area contributed by atoms with Crippen molar-refractivity contribution in [2.24, 2.45) is 11.7 Å². The first-order chi connectivity index (χ1) is 8.08. The van der Waals surface area contributed by atoms with E-state index >= 15 is 0 Å². The molecular formula is C14H20N2O. The van der Waals surface area contributed by atoms with Crippen LogP contribution >= 0.6 is 0 Å². The van der Waals surface area contributed by atoms with Gasteiger partial charge in [0.1, 0.15) is 0 Å². The third-order valence-electron chi connectivity index (χ3n) is 3.52. The molecule has 0 amide bonds. The number of rotatable bonds is 2. The fourth-order valence-electron chi connectivity index (χ4n) is 2.55. The molecule has 3 unspecified atom stereocenters. The quantitative estimate of drug-likeness (QED) is 0.766. The first kappa shape index (κ1) is 12.3.